The molecule has 0 aliphatic rings. The summed E-state index contributed by atoms with van der Waals surface area (Å²) in [5.41, 5.74) is 4.32. The monoisotopic (exact) mass is 365 g/mol. The number of nitrogens with one attached hydrogen (secondary N) is 1. The van der Waals surface area contributed by atoms with Crippen LogP contribution >= 0.6 is 27.3 Å². The van der Waals surface area contributed by atoms with Gasteiger partial charge in [0.2, 0.25) is 0 Å². The van der Waals surface area contributed by atoms with E-state index >= 15 is 0 Å². The van der Waals surface area contributed by atoms with Crippen LogP contribution in [0.15, 0.2) is 28.2 Å². The minimum absolute atomic E-state index is 0.0360. The molecule has 0 radical (unpaired) electrons. The molecule has 1 heterocycles. The van der Waals surface area contributed by atoms with Crippen LogP contribution in [0, 0.1) is 0 Å². The van der Waals surface area contributed by atoms with Crippen molar-refractivity contribution in [3.8, 4) is 0 Å². The van der Waals surface area contributed by atoms with Crippen LogP contribution < -0.4 is 11.1 Å². The normalized spacial score (nSPS) is 11.4. The van der Waals surface area contributed by atoms with Gasteiger partial charge in [0.15, 0.2) is 5.13 Å². The molecule has 0 bridgehead atoms. The lowest BCUT2D eigenvalue weighted by atomic mass is 10.1. The number of carbonyl (C=O) groups excluding carboxylic acids is 1. The van der Waals surface area contributed by atoms with Crippen LogP contribution in [-0.4, -0.2) is 10.9 Å². The zero-order valence-corrected chi connectivity index (χ0v) is 12.1. The Morgan fingerprint density at radius 2 is 2.10 bits per heavy atom. The second-order valence-electron chi connectivity index (χ2n) is 3.72. The molecule has 4 nitrogen and oxygen atoms in total. The third-order valence-electron chi connectivity index (χ3n) is 2.32. The number of nitrogens with zero attached hydrogens (tertiary/aromatic N) is 1. The van der Waals surface area contributed by atoms with E-state index in [1.807, 2.05) is 0 Å². The lowest BCUT2D eigenvalue weighted by Crippen LogP contribution is -2.16. The molecule has 3 N–H and O–H groups in total. The van der Waals surface area contributed by atoms with Crippen LogP contribution in [0.1, 0.15) is 15.9 Å². The molecule has 0 spiro atoms. The summed E-state index contributed by atoms with van der Waals surface area (Å²) in [6.07, 6.45) is -3.07. The first-order valence-electron chi connectivity index (χ1n) is 5.17. The van der Waals surface area contributed by atoms with Crippen molar-refractivity contribution < 1.29 is 18.0 Å². The van der Waals surface area contributed by atoms with E-state index < -0.39 is 17.6 Å². The highest BCUT2D eigenvalue weighted by Crippen LogP contribution is 2.31. The molecule has 1 amide bonds. The molecule has 1 aromatic heterocycles. The zero-order valence-electron chi connectivity index (χ0n) is 9.66. The highest BCUT2D eigenvalue weighted by molar-refractivity contribution is 9.11. The van der Waals surface area contributed by atoms with Gasteiger partial charge in [-0.1, -0.05) is 11.3 Å². The maximum absolute atomic E-state index is 12.6. The molecule has 2 rings (SSSR count). The Balaban J connectivity index is 2.29. The van der Waals surface area contributed by atoms with Crippen molar-refractivity contribution in [1.82, 2.24) is 4.98 Å². The molecule has 20 heavy (non-hydrogen) atoms. The van der Waals surface area contributed by atoms with Crippen LogP contribution in [0.25, 0.3) is 0 Å². The van der Waals surface area contributed by atoms with Gasteiger partial charge in [-0.25, -0.2) is 4.98 Å². The lowest BCUT2D eigenvalue weighted by Gasteiger charge is -2.10. The zero-order chi connectivity index (χ0) is 14.9. The van der Waals surface area contributed by atoms with Crippen molar-refractivity contribution in [2.45, 2.75) is 6.18 Å². The van der Waals surface area contributed by atoms with Crippen LogP contribution in [0.2, 0.25) is 0 Å². The molecular weight excluding hydrogens is 359 g/mol. The number of rotatable bonds is 2. The molecule has 1 aromatic carbocycles. The molecule has 0 fully saturated rings. The molecule has 0 saturated carbocycles. The maximum atomic E-state index is 12.6. The number of hydrogen-bond donors (Lipinski definition) is 2. The first-order chi connectivity index (χ1) is 9.27. The molecule has 9 heteroatoms. The fraction of sp³-hybridized carbons (Fsp3) is 0.0909. The second kappa shape index (κ2) is 5.41. The average molecular weight is 366 g/mol. The van der Waals surface area contributed by atoms with E-state index in [0.717, 1.165) is 23.5 Å². The first-order valence-corrected chi connectivity index (χ1v) is 6.77. The van der Waals surface area contributed by atoms with E-state index in [1.54, 1.807) is 0 Å². The Hall–Kier alpha value is -1.61. The fourth-order valence-electron chi connectivity index (χ4n) is 1.41. The van der Waals surface area contributed by atoms with Crippen molar-refractivity contribution in [1.29, 1.82) is 0 Å². The predicted molar refractivity (Wildman–Crippen MR) is 73.6 cm³/mol. The molecule has 0 atom stereocenters. The van der Waals surface area contributed by atoms with Crippen LogP contribution in [0.4, 0.5) is 24.0 Å². The lowest BCUT2D eigenvalue weighted by molar-refractivity contribution is -0.137. The SMILES string of the molecule is Nc1ccc(C(F)(F)F)cc1C(=O)Nc1ncc(Br)s1. The number of carbonyl (C=O) groups is 1. The summed E-state index contributed by atoms with van der Waals surface area (Å²) < 4.78 is 38.5. The maximum Gasteiger partial charge on any atom is 0.416 e. The number of alkyl halides is 3. The summed E-state index contributed by atoms with van der Waals surface area (Å²) in [5, 5.41) is 2.65. The van der Waals surface area contributed by atoms with Gasteiger partial charge in [0.25, 0.3) is 5.91 Å². The van der Waals surface area contributed by atoms with E-state index in [2.05, 4.69) is 26.2 Å². The highest BCUT2D eigenvalue weighted by Gasteiger charge is 2.31. The average Bonchev–Trinajstić information content (AvgIpc) is 2.73. The van der Waals surface area contributed by atoms with E-state index in [0.29, 0.717) is 9.85 Å². The van der Waals surface area contributed by atoms with Crippen LogP contribution in [0.5, 0.6) is 0 Å². The van der Waals surface area contributed by atoms with E-state index in [-0.39, 0.29) is 16.4 Å². The quantitative estimate of drug-likeness (QED) is 0.796. The third kappa shape index (κ3) is 3.28. The van der Waals surface area contributed by atoms with Gasteiger partial charge in [0.1, 0.15) is 0 Å². The van der Waals surface area contributed by atoms with Gasteiger partial charge in [-0.05, 0) is 34.1 Å². The number of anilines is 2. The minimum atomic E-state index is -4.53. The third-order valence-corrected chi connectivity index (χ3v) is 3.71. The van der Waals surface area contributed by atoms with Gasteiger partial charge in [-0.15, -0.1) is 0 Å². The Morgan fingerprint density at radius 1 is 1.40 bits per heavy atom. The van der Waals surface area contributed by atoms with Gasteiger partial charge >= 0.3 is 6.18 Å². The first kappa shape index (κ1) is 14.8. The predicted octanol–water partition coefficient (Wildman–Crippen LogP) is 3.76. The minimum Gasteiger partial charge on any atom is -0.398 e. The number of thiazole rings is 1. The van der Waals surface area contributed by atoms with Gasteiger partial charge in [0.05, 0.1) is 21.1 Å². The Bertz CT molecular complexity index is 657. The summed E-state index contributed by atoms with van der Waals surface area (Å²) in [5.74, 6) is -0.740. The van der Waals surface area contributed by atoms with Gasteiger partial charge in [-0.3, -0.25) is 10.1 Å². The number of benzene rings is 1. The van der Waals surface area contributed by atoms with Crippen molar-refractivity contribution in [3.05, 3.63) is 39.3 Å². The van der Waals surface area contributed by atoms with Crippen molar-refractivity contribution in [2.24, 2.45) is 0 Å². The number of hydrogen-bond acceptors (Lipinski definition) is 4. The Kier molecular flexibility index (Phi) is 4.00. The fourth-order valence-corrected chi connectivity index (χ4v) is 2.51. The van der Waals surface area contributed by atoms with E-state index in [1.165, 1.54) is 6.20 Å². The Morgan fingerprint density at radius 3 is 2.65 bits per heavy atom. The van der Waals surface area contributed by atoms with Gasteiger partial charge < -0.3 is 5.73 Å². The molecule has 0 aliphatic carbocycles. The molecule has 0 aliphatic heterocycles. The second-order valence-corrected chi connectivity index (χ2v) is 6.13. The molecule has 106 valence electrons. The number of nitrogens with two attached hydrogens (primary N) is 1. The standard InChI is InChI=1S/C11H7BrF3N3OS/c12-8-4-17-10(20-8)18-9(19)6-3-5(11(13,14)15)1-2-7(6)16/h1-4H,16H2,(H,17,18,19). The number of aromatic nitrogens is 1. The van der Waals surface area contributed by atoms with Gasteiger partial charge in [0, 0.05) is 5.69 Å². The summed E-state index contributed by atoms with van der Waals surface area (Å²) in [7, 11) is 0. The summed E-state index contributed by atoms with van der Waals surface area (Å²) >= 11 is 4.30. The number of nitrogen functional groups attached to an aromatic ring is 1. The summed E-state index contributed by atoms with van der Waals surface area (Å²) in [4.78, 5) is 15.8. The van der Waals surface area contributed by atoms with Crippen LogP contribution in [-0.2, 0) is 6.18 Å². The van der Waals surface area contributed by atoms with Crippen molar-refractivity contribution in [3.63, 3.8) is 0 Å². The molecular formula is C11H7BrF3N3OS. The van der Waals surface area contributed by atoms with Crippen molar-refractivity contribution in [2.75, 3.05) is 11.1 Å². The number of halogens is 4. The molecule has 0 saturated heterocycles. The summed E-state index contributed by atoms with van der Waals surface area (Å²) in [6, 6.07) is 2.59. The summed E-state index contributed by atoms with van der Waals surface area (Å²) in [6.45, 7) is 0. The topological polar surface area (TPSA) is 68.0 Å². The van der Waals surface area contributed by atoms with Gasteiger partial charge in [-0.2, -0.15) is 13.2 Å². The largest absolute Gasteiger partial charge is 0.416 e. The van der Waals surface area contributed by atoms with E-state index in [4.69, 9.17) is 5.73 Å². The van der Waals surface area contributed by atoms with Crippen molar-refractivity contribution >= 4 is 44.0 Å². The highest BCUT2D eigenvalue weighted by atomic mass is 79.9. The smallest absolute Gasteiger partial charge is 0.398 e. The Labute approximate surface area is 123 Å². The van der Waals surface area contributed by atoms with E-state index in [9.17, 15) is 18.0 Å². The van der Waals surface area contributed by atoms with Crippen LogP contribution in [0.3, 0.4) is 0 Å². The number of amides is 1. The molecule has 2 aromatic rings. The molecule has 0 unspecified atom stereocenters.